The zero-order valence-corrected chi connectivity index (χ0v) is 27.9. The summed E-state index contributed by atoms with van der Waals surface area (Å²) in [4.78, 5) is 65.9. The van der Waals surface area contributed by atoms with Crippen LogP contribution in [-0.4, -0.2) is 56.7 Å². The molecule has 4 rings (SSSR count). The van der Waals surface area contributed by atoms with Crippen LogP contribution in [0.3, 0.4) is 0 Å². The molecule has 0 atom stereocenters. The summed E-state index contributed by atoms with van der Waals surface area (Å²) in [7, 11) is 1.13. The molecule has 4 aromatic rings. The average molecular weight is 706 g/mol. The lowest BCUT2D eigenvalue weighted by molar-refractivity contribution is -0.170. The number of hydrogen-bond acceptors (Lipinski definition) is 9. The largest absolute Gasteiger partial charge is 0.465 e. The van der Waals surface area contributed by atoms with E-state index in [1.54, 1.807) is 50.2 Å². The zero-order valence-electron chi connectivity index (χ0n) is 27.9. The van der Waals surface area contributed by atoms with Gasteiger partial charge in [0, 0.05) is 5.56 Å². The number of alkyl halides is 3. The third-order valence-corrected chi connectivity index (χ3v) is 7.74. The normalized spacial score (nSPS) is 11.3. The summed E-state index contributed by atoms with van der Waals surface area (Å²) < 4.78 is 60.1. The second-order valence-electron chi connectivity index (χ2n) is 11.0. The highest BCUT2D eigenvalue weighted by Gasteiger charge is 2.52. The number of esters is 4. The van der Waals surface area contributed by atoms with Crippen LogP contribution >= 0.6 is 0 Å². The molecule has 13 heteroatoms. The lowest BCUT2D eigenvalue weighted by Crippen LogP contribution is -2.50. The Morgan fingerprint density at radius 1 is 0.686 bits per heavy atom. The summed E-state index contributed by atoms with van der Waals surface area (Å²) in [5.41, 5.74) is -1.75. The first-order chi connectivity index (χ1) is 24.3. The van der Waals surface area contributed by atoms with Crippen molar-refractivity contribution in [3.8, 4) is 11.1 Å². The van der Waals surface area contributed by atoms with E-state index in [9.17, 15) is 37.1 Å². The van der Waals surface area contributed by atoms with E-state index in [1.807, 2.05) is 0 Å². The number of nitrogens with one attached hydrogen (secondary N) is 1. The molecule has 4 aromatic carbocycles. The van der Waals surface area contributed by atoms with Gasteiger partial charge in [0.2, 0.25) is 5.41 Å². The van der Waals surface area contributed by atoms with Crippen molar-refractivity contribution in [2.75, 3.05) is 32.2 Å². The predicted octanol–water partition coefficient (Wildman–Crippen LogP) is 6.56. The summed E-state index contributed by atoms with van der Waals surface area (Å²) in [5.74, 6) is -4.30. The number of amides is 1. The van der Waals surface area contributed by atoms with Crippen molar-refractivity contribution < 1.29 is 56.1 Å². The van der Waals surface area contributed by atoms with Crippen molar-refractivity contribution in [2.24, 2.45) is 0 Å². The number of methoxy groups -OCH3 is 1. The van der Waals surface area contributed by atoms with Gasteiger partial charge in [-0.15, -0.1) is 0 Å². The van der Waals surface area contributed by atoms with E-state index in [0.717, 1.165) is 19.2 Å². The van der Waals surface area contributed by atoms with Crippen molar-refractivity contribution >= 4 is 35.5 Å². The minimum atomic E-state index is -4.53. The Morgan fingerprint density at radius 2 is 1.29 bits per heavy atom. The lowest BCUT2D eigenvalue weighted by atomic mass is 9.81. The van der Waals surface area contributed by atoms with E-state index in [0.29, 0.717) is 11.1 Å². The van der Waals surface area contributed by atoms with Gasteiger partial charge in [-0.3, -0.25) is 19.2 Å². The van der Waals surface area contributed by atoms with E-state index in [4.69, 9.17) is 18.9 Å². The van der Waals surface area contributed by atoms with Crippen LogP contribution in [0.1, 0.15) is 51.3 Å². The fourth-order valence-electron chi connectivity index (χ4n) is 5.21. The second-order valence-corrected chi connectivity index (χ2v) is 11.0. The number of anilines is 1. The van der Waals surface area contributed by atoms with Gasteiger partial charge in [0.05, 0.1) is 43.6 Å². The fourth-order valence-corrected chi connectivity index (χ4v) is 5.21. The van der Waals surface area contributed by atoms with Gasteiger partial charge in [-0.1, -0.05) is 66.7 Å². The number of benzene rings is 4. The third kappa shape index (κ3) is 8.79. The SMILES string of the molecule is CCOC(=O)C(COC(=O)Cc1ccc(NC(=O)c2ccccc2-c2ccc(C(F)(F)F)cc2)c(C(=O)OC)c1)(C(=O)OCC)c1ccccc1. The molecular weight excluding hydrogens is 671 g/mol. The quantitative estimate of drug-likeness (QED) is 0.0933. The maximum atomic E-state index is 13.5. The van der Waals surface area contributed by atoms with E-state index in [-0.39, 0.29) is 41.2 Å². The number of rotatable bonds is 13. The van der Waals surface area contributed by atoms with E-state index >= 15 is 0 Å². The number of hydrogen-bond donors (Lipinski definition) is 1. The molecular formula is C38H34F3NO9. The van der Waals surface area contributed by atoms with Gasteiger partial charge in [-0.25, -0.2) is 4.79 Å². The van der Waals surface area contributed by atoms with Gasteiger partial charge in [-0.2, -0.15) is 13.2 Å². The molecule has 0 aliphatic rings. The van der Waals surface area contributed by atoms with Crippen LogP contribution in [0.25, 0.3) is 11.1 Å². The molecule has 10 nitrogen and oxygen atoms in total. The molecule has 0 aromatic heterocycles. The number of carbonyl (C=O) groups excluding carboxylic acids is 5. The van der Waals surface area contributed by atoms with E-state index in [1.165, 1.54) is 48.5 Å². The molecule has 0 saturated carbocycles. The smallest absolute Gasteiger partial charge is 0.416 e. The maximum Gasteiger partial charge on any atom is 0.416 e. The molecule has 0 unspecified atom stereocenters. The number of ether oxygens (including phenoxy) is 4. The average Bonchev–Trinajstić information content (AvgIpc) is 3.12. The Morgan fingerprint density at radius 3 is 1.88 bits per heavy atom. The Balaban J connectivity index is 1.57. The summed E-state index contributed by atoms with van der Waals surface area (Å²) in [6.07, 6.45) is -4.94. The van der Waals surface area contributed by atoms with Crippen LogP contribution in [0, 0.1) is 0 Å². The summed E-state index contributed by atoms with van der Waals surface area (Å²) in [5, 5.41) is 2.64. The molecule has 1 N–H and O–H groups in total. The number of carbonyl (C=O) groups is 5. The second kappa shape index (κ2) is 16.6. The molecule has 0 saturated heterocycles. The lowest BCUT2D eigenvalue weighted by Gasteiger charge is -2.29. The van der Waals surface area contributed by atoms with E-state index in [2.05, 4.69) is 5.32 Å². The Labute approximate surface area is 291 Å². The van der Waals surface area contributed by atoms with Crippen LogP contribution in [0.4, 0.5) is 18.9 Å². The molecule has 0 fully saturated rings. The molecule has 0 bridgehead atoms. The molecule has 266 valence electrons. The minimum absolute atomic E-state index is 0.0268. The Bertz CT molecular complexity index is 1870. The van der Waals surface area contributed by atoms with Gasteiger partial charge in [0.25, 0.3) is 5.91 Å². The van der Waals surface area contributed by atoms with Crippen molar-refractivity contribution in [1.82, 2.24) is 0 Å². The fraction of sp³-hybridized carbons (Fsp3) is 0.237. The summed E-state index contributed by atoms with van der Waals surface area (Å²) in [6, 6.07) is 22.6. The molecule has 0 aliphatic carbocycles. The highest BCUT2D eigenvalue weighted by atomic mass is 19.4. The Hall–Kier alpha value is -5.98. The van der Waals surface area contributed by atoms with Crippen LogP contribution in [0.5, 0.6) is 0 Å². The maximum absolute atomic E-state index is 13.5. The van der Waals surface area contributed by atoms with Crippen LogP contribution in [0.2, 0.25) is 0 Å². The van der Waals surface area contributed by atoms with Crippen molar-refractivity contribution in [2.45, 2.75) is 31.9 Å². The molecule has 1 amide bonds. The minimum Gasteiger partial charge on any atom is -0.465 e. The molecule has 0 spiro atoms. The molecule has 0 heterocycles. The van der Waals surface area contributed by atoms with Crippen molar-refractivity contribution in [3.05, 3.63) is 125 Å². The van der Waals surface area contributed by atoms with Gasteiger partial charge < -0.3 is 24.3 Å². The van der Waals surface area contributed by atoms with Crippen LogP contribution < -0.4 is 5.32 Å². The standard InChI is InChI=1S/C38H34F3NO9/c1-4-49-35(46)37(36(47)50-5-2,26-11-7-6-8-12-26)23-51-32(43)22-24-15-20-31(30(21-24)34(45)48-3)42-33(44)29-14-10-9-13-28(29)25-16-18-27(19-17-25)38(39,40)41/h6-21H,4-5,22-23H2,1-3H3,(H,42,44). The number of halogens is 3. The van der Waals surface area contributed by atoms with Gasteiger partial charge in [0.15, 0.2) is 0 Å². The third-order valence-electron chi connectivity index (χ3n) is 7.74. The highest BCUT2D eigenvalue weighted by molar-refractivity contribution is 6.11. The Kier molecular flexibility index (Phi) is 12.3. The summed E-state index contributed by atoms with van der Waals surface area (Å²) >= 11 is 0. The summed E-state index contributed by atoms with van der Waals surface area (Å²) in [6.45, 7) is 2.28. The molecule has 51 heavy (non-hydrogen) atoms. The first-order valence-electron chi connectivity index (χ1n) is 15.7. The topological polar surface area (TPSA) is 134 Å². The van der Waals surface area contributed by atoms with Crippen LogP contribution in [0.15, 0.2) is 97.1 Å². The van der Waals surface area contributed by atoms with Gasteiger partial charge >= 0.3 is 30.1 Å². The monoisotopic (exact) mass is 705 g/mol. The van der Waals surface area contributed by atoms with Crippen molar-refractivity contribution in [1.29, 1.82) is 0 Å². The molecule has 0 aliphatic heterocycles. The zero-order chi connectivity index (χ0) is 37.2. The van der Waals surface area contributed by atoms with Crippen molar-refractivity contribution in [3.63, 3.8) is 0 Å². The van der Waals surface area contributed by atoms with Gasteiger partial charge in [-0.05, 0) is 66.4 Å². The van der Waals surface area contributed by atoms with E-state index < -0.39 is 60.0 Å². The first kappa shape index (κ1) is 37.8. The van der Waals surface area contributed by atoms with Gasteiger partial charge in [0.1, 0.15) is 6.61 Å². The first-order valence-corrected chi connectivity index (χ1v) is 15.7. The molecule has 0 radical (unpaired) electrons. The predicted molar refractivity (Wildman–Crippen MR) is 179 cm³/mol. The highest BCUT2D eigenvalue weighted by Crippen LogP contribution is 2.33. The van der Waals surface area contributed by atoms with Crippen LogP contribution in [-0.2, 0) is 51.3 Å².